The topological polar surface area (TPSA) is 72.2 Å². The molecule has 1 unspecified atom stereocenters. The van der Waals surface area contributed by atoms with Crippen LogP contribution in [-0.4, -0.2) is 55.1 Å². The Kier molecular flexibility index (Phi) is 10.6. The van der Waals surface area contributed by atoms with Gasteiger partial charge in [0.25, 0.3) is 5.91 Å². The Balaban J connectivity index is 1.71. The van der Waals surface area contributed by atoms with Crippen LogP contribution in [0.15, 0.2) is 51.7 Å². The van der Waals surface area contributed by atoms with E-state index < -0.39 is 6.04 Å². The van der Waals surface area contributed by atoms with E-state index in [4.69, 9.17) is 13.9 Å². The third kappa shape index (κ3) is 6.52. The number of hydrogen-bond acceptors (Lipinski definition) is 6. The van der Waals surface area contributed by atoms with E-state index in [-0.39, 0.29) is 17.1 Å². The monoisotopic (exact) mass is 548 g/mol. The van der Waals surface area contributed by atoms with Gasteiger partial charge in [-0.25, -0.2) is 0 Å². The van der Waals surface area contributed by atoms with Crippen LogP contribution < -0.4 is 14.9 Å². The van der Waals surface area contributed by atoms with Crippen LogP contribution in [0.25, 0.3) is 11.0 Å². The van der Waals surface area contributed by atoms with Gasteiger partial charge in [-0.3, -0.25) is 9.59 Å². The average molecular weight is 549 g/mol. The van der Waals surface area contributed by atoms with E-state index >= 15 is 0 Å². The molecule has 2 aromatic carbocycles. The normalized spacial score (nSPS) is 14.8. The maximum atomic E-state index is 13.8. The minimum absolute atomic E-state index is 0.145. The molecule has 3 aromatic rings. The summed E-state index contributed by atoms with van der Waals surface area (Å²) in [6.07, 6.45) is 6.34. The molecular formula is C33H44N2O5. The molecule has 7 nitrogen and oxygen atoms in total. The third-order valence-electron chi connectivity index (χ3n) is 7.45. The summed E-state index contributed by atoms with van der Waals surface area (Å²) in [5.74, 6) is 1.19. The highest BCUT2D eigenvalue weighted by Gasteiger charge is 2.42. The van der Waals surface area contributed by atoms with Crippen LogP contribution >= 0.6 is 0 Å². The molecule has 0 radical (unpaired) electrons. The van der Waals surface area contributed by atoms with Gasteiger partial charge < -0.3 is 23.7 Å². The second-order valence-electron chi connectivity index (χ2n) is 10.5. The molecule has 1 aromatic heterocycles. The molecule has 1 aliphatic heterocycles. The third-order valence-corrected chi connectivity index (χ3v) is 7.45. The average Bonchev–Trinajstić information content (AvgIpc) is 3.25. The molecule has 40 heavy (non-hydrogen) atoms. The first kappa shape index (κ1) is 29.7. The number of nitrogens with zero attached hydrogens (tertiary/aromatic N) is 2. The zero-order chi connectivity index (χ0) is 28.5. The van der Waals surface area contributed by atoms with Crippen molar-refractivity contribution in [1.82, 2.24) is 9.80 Å². The summed E-state index contributed by atoms with van der Waals surface area (Å²) >= 11 is 0. The Labute approximate surface area is 238 Å². The first-order valence-corrected chi connectivity index (χ1v) is 15.0. The van der Waals surface area contributed by atoms with Crippen LogP contribution in [0, 0.1) is 0 Å². The van der Waals surface area contributed by atoms with E-state index in [2.05, 4.69) is 25.7 Å². The summed E-state index contributed by atoms with van der Waals surface area (Å²) < 4.78 is 18.0. The summed E-state index contributed by atoms with van der Waals surface area (Å²) in [7, 11) is 0. The van der Waals surface area contributed by atoms with E-state index in [1.54, 1.807) is 12.1 Å². The van der Waals surface area contributed by atoms with E-state index in [1.165, 1.54) is 0 Å². The Hall–Kier alpha value is -3.32. The van der Waals surface area contributed by atoms with Gasteiger partial charge in [0, 0.05) is 6.54 Å². The van der Waals surface area contributed by atoms with Crippen molar-refractivity contribution in [3.8, 4) is 11.5 Å². The van der Waals surface area contributed by atoms with E-state index in [0.717, 1.165) is 63.7 Å². The van der Waals surface area contributed by atoms with Gasteiger partial charge in [-0.05, 0) is 82.1 Å². The van der Waals surface area contributed by atoms with Crippen LogP contribution in [0.4, 0.5) is 0 Å². The van der Waals surface area contributed by atoms with Crippen LogP contribution in [0.3, 0.4) is 0 Å². The van der Waals surface area contributed by atoms with Crippen molar-refractivity contribution in [2.75, 3.05) is 39.4 Å². The van der Waals surface area contributed by atoms with E-state index in [9.17, 15) is 9.59 Å². The number of benzene rings is 2. The SMILES string of the molecule is CCCCN(CCCC)CCCN1C(=O)c2oc3ccccc3c(=O)c2C1c1ccc(OCCC)c(OCC)c1. The standard InChI is InChI=1S/C33H44N2O5/c1-5-9-18-34(19-10-6-2)20-13-21-35-30(24-16-17-27(39-22-7-3)28(23-24)38-8-4)29-31(36)25-14-11-12-15-26(25)40-32(29)33(35)37/h11-12,14-17,23,30H,5-10,13,18-22H2,1-4H3. The van der Waals surface area contributed by atoms with Crippen LogP contribution in [0.1, 0.15) is 93.9 Å². The Bertz CT molecular complexity index is 1330. The summed E-state index contributed by atoms with van der Waals surface area (Å²) in [5, 5.41) is 0.485. The number of rotatable bonds is 16. The van der Waals surface area contributed by atoms with Gasteiger partial charge >= 0.3 is 0 Å². The van der Waals surface area contributed by atoms with Crippen molar-refractivity contribution in [3.05, 3.63) is 69.6 Å². The predicted molar refractivity (Wildman–Crippen MR) is 160 cm³/mol. The van der Waals surface area contributed by atoms with Gasteiger partial charge in [-0.2, -0.15) is 0 Å². The van der Waals surface area contributed by atoms with E-state index in [0.29, 0.717) is 47.8 Å². The molecule has 216 valence electrons. The Morgan fingerprint density at radius 1 is 0.850 bits per heavy atom. The lowest BCUT2D eigenvalue weighted by atomic mass is 9.98. The largest absolute Gasteiger partial charge is 0.490 e. The number of amides is 1. The van der Waals surface area contributed by atoms with Gasteiger partial charge in [-0.15, -0.1) is 0 Å². The molecule has 1 aliphatic rings. The van der Waals surface area contributed by atoms with Crippen molar-refractivity contribution in [2.45, 2.75) is 72.3 Å². The fraction of sp³-hybridized carbons (Fsp3) is 0.515. The number of para-hydroxylation sites is 1. The molecule has 0 N–H and O–H groups in total. The number of carbonyl (C=O) groups is 1. The van der Waals surface area contributed by atoms with Crippen molar-refractivity contribution >= 4 is 16.9 Å². The highest BCUT2D eigenvalue weighted by Crippen LogP contribution is 2.41. The molecular weight excluding hydrogens is 504 g/mol. The van der Waals surface area contributed by atoms with Crippen molar-refractivity contribution in [1.29, 1.82) is 0 Å². The van der Waals surface area contributed by atoms with Crippen molar-refractivity contribution in [3.63, 3.8) is 0 Å². The number of unbranched alkanes of at least 4 members (excludes halogenated alkanes) is 2. The smallest absolute Gasteiger partial charge is 0.290 e. The second-order valence-corrected chi connectivity index (χ2v) is 10.5. The fourth-order valence-electron chi connectivity index (χ4n) is 5.40. The zero-order valence-electron chi connectivity index (χ0n) is 24.5. The summed E-state index contributed by atoms with van der Waals surface area (Å²) in [6, 6.07) is 12.3. The number of fused-ring (bicyclic) bond motifs is 2. The maximum absolute atomic E-state index is 13.8. The molecule has 1 atom stereocenters. The minimum Gasteiger partial charge on any atom is -0.490 e. The van der Waals surface area contributed by atoms with Gasteiger partial charge in [0.15, 0.2) is 16.9 Å². The summed E-state index contributed by atoms with van der Waals surface area (Å²) in [5.41, 5.74) is 1.50. The van der Waals surface area contributed by atoms with Gasteiger partial charge in [0.05, 0.1) is 30.2 Å². The molecule has 0 fully saturated rings. The van der Waals surface area contributed by atoms with E-state index in [1.807, 2.05) is 42.2 Å². The molecule has 0 aliphatic carbocycles. The molecule has 1 amide bonds. The van der Waals surface area contributed by atoms with Crippen LogP contribution in [0.5, 0.6) is 11.5 Å². The zero-order valence-corrected chi connectivity index (χ0v) is 24.5. The Morgan fingerprint density at radius 2 is 1.57 bits per heavy atom. The number of carbonyl (C=O) groups excluding carboxylic acids is 1. The van der Waals surface area contributed by atoms with Gasteiger partial charge in [0.1, 0.15) is 5.58 Å². The molecule has 0 bridgehead atoms. The molecule has 7 heteroatoms. The molecule has 2 heterocycles. The molecule has 4 rings (SSSR count). The van der Waals surface area contributed by atoms with Crippen molar-refractivity contribution < 1.29 is 18.7 Å². The van der Waals surface area contributed by atoms with Gasteiger partial charge in [0.2, 0.25) is 5.76 Å². The lowest BCUT2D eigenvalue weighted by Crippen LogP contribution is -2.34. The summed E-state index contributed by atoms with van der Waals surface area (Å²) in [6.45, 7) is 13.0. The number of hydrogen-bond donors (Lipinski definition) is 0. The lowest BCUT2D eigenvalue weighted by molar-refractivity contribution is 0.0718. The first-order valence-electron chi connectivity index (χ1n) is 15.0. The molecule has 0 spiro atoms. The van der Waals surface area contributed by atoms with Crippen LogP contribution in [0.2, 0.25) is 0 Å². The number of ether oxygens (including phenoxy) is 2. The van der Waals surface area contributed by atoms with Crippen molar-refractivity contribution in [2.24, 2.45) is 0 Å². The summed E-state index contributed by atoms with van der Waals surface area (Å²) in [4.78, 5) is 32.0. The molecule has 0 saturated carbocycles. The lowest BCUT2D eigenvalue weighted by Gasteiger charge is -2.28. The molecule has 0 saturated heterocycles. The quantitative estimate of drug-likeness (QED) is 0.196. The maximum Gasteiger partial charge on any atom is 0.290 e. The highest BCUT2D eigenvalue weighted by atomic mass is 16.5. The minimum atomic E-state index is -0.553. The fourth-order valence-corrected chi connectivity index (χ4v) is 5.40. The highest BCUT2D eigenvalue weighted by molar-refractivity contribution is 5.99. The van der Waals surface area contributed by atoms with Gasteiger partial charge in [-0.1, -0.05) is 51.8 Å². The Morgan fingerprint density at radius 3 is 2.27 bits per heavy atom. The predicted octanol–water partition coefficient (Wildman–Crippen LogP) is 6.82. The first-order chi connectivity index (χ1) is 19.5. The second kappa shape index (κ2) is 14.4. The van der Waals surface area contributed by atoms with Crippen LogP contribution in [-0.2, 0) is 0 Å².